The summed E-state index contributed by atoms with van der Waals surface area (Å²) in [7, 11) is 0. The molecule has 0 fully saturated rings. The maximum atomic E-state index is 13.9. The molecule has 8 aromatic rings. The third kappa shape index (κ3) is 2.14. The predicted molar refractivity (Wildman–Crippen MR) is 145 cm³/mol. The van der Waals surface area contributed by atoms with E-state index in [4.69, 9.17) is 9.97 Å². The van der Waals surface area contributed by atoms with Crippen LogP contribution in [-0.2, 0) is 0 Å². The molecule has 0 unspecified atom stereocenters. The quantitative estimate of drug-likeness (QED) is 0.273. The topological polar surface area (TPSA) is 68.7 Å². The highest BCUT2D eigenvalue weighted by molar-refractivity contribution is 6.27. The van der Waals surface area contributed by atoms with Crippen molar-refractivity contribution >= 4 is 65.7 Å². The number of pyridine rings is 2. The molecule has 8 rings (SSSR count). The first kappa shape index (κ1) is 19.7. The summed E-state index contributed by atoms with van der Waals surface area (Å²) in [4.78, 5) is 37.5. The molecule has 0 aliphatic carbocycles. The van der Waals surface area contributed by atoms with E-state index in [9.17, 15) is 9.59 Å². The Morgan fingerprint density at radius 1 is 0.528 bits per heavy atom. The lowest BCUT2D eigenvalue weighted by Crippen LogP contribution is -2.16. The number of aryl methyl sites for hydroxylation is 4. The zero-order chi connectivity index (χ0) is 24.6. The summed E-state index contributed by atoms with van der Waals surface area (Å²) in [6.45, 7) is 8.19. The van der Waals surface area contributed by atoms with E-state index in [-0.39, 0.29) is 11.1 Å². The molecule has 0 bridgehead atoms. The van der Waals surface area contributed by atoms with Crippen LogP contribution < -0.4 is 11.1 Å². The van der Waals surface area contributed by atoms with E-state index < -0.39 is 0 Å². The minimum atomic E-state index is -0.121. The van der Waals surface area contributed by atoms with Gasteiger partial charge in [-0.1, -0.05) is 0 Å². The second kappa shape index (κ2) is 6.15. The SMILES string of the molecule is Cc1cc2nc3c4ccc5c(=O)n6c7cc(C)c(C)cc7nc6c6ccc(c(=O)n3c2cc1C)c4c56. The van der Waals surface area contributed by atoms with Crippen LogP contribution in [0, 0.1) is 27.7 Å². The van der Waals surface area contributed by atoms with E-state index in [1.54, 1.807) is 8.80 Å². The van der Waals surface area contributed by atoms with Gasteiger partial charge in [0.05, 0.1) is 22.1 Å². The average Bonchev–Trinajstić information content (AvgIpc) is 3.40. The van der Waals surface area contributed by atoms with Crippen molar-refractivity contribution in [1.29, 1.82) is 0 Å². The summed E-state index contributed by atoms with van der Waals surface area (Å²) in [5.74, 6) is 0. The van der Waals surface area contributed by atoms with Crippen molar-refractivity contribution < 1.29 is 0 Å². The van der Waals surface area contributed by atoms with Crippen molar-refractivity contribution in [2.24, 2.45) is 0 Å². The Morgan fingerprint density at radius 3 is 1.31 bits per heavy atom. The van der Waals surface area contributed by atoms with E-state index in [1.165, 1.54) is 0 Å². The largest absolute Gasteiger partial charge is 0.268 e. The Labute approximate surface area is 203 Å². The van der Waals surface area contributed by atoms with E-state index >= 15 is 0 Å². The molecule has 0 saturated carbocycles. The number of hydrogen-bond acceptors (Lipinski definition) is 4. The molecule has 0 aliphatic heterocycles. The standard InChI is InChI=1S/C30H20N4O2/c1-13-9-21-23(11-15(13)3)33-27(31-21)17-5-7-20-26-18(6-8-19(25(17)26)29(33)35)28-32-22-10-14(2)16(4)12-24(22)34(28)30(20)36/h5-12H,1-4H3. The van der Waals surface area contributed by atoms with Gasteiger partial charge in [0.2, 0.25) is 0 Å². The lowest BCUT2D eigenvalue weighted by molar-refractivity contribution is 1.18. The monoisotopic (exact) mass is 468 g/mol. The van der Waals surface area contributed by atoms with E-state index in [1.807, 2.05) is 62.4 Å². The van der Waals surface area contributed by atoms with Gasteiger partial charge in [-0.2, -0.15) is 0 Å². The van der Waals surface area contributed by atoms with Crippen LogP contribution in [-0.4, -0.2) is 18.8 Å². The van der Waals surface area contributed by atoms with Gasteiger partial charge in [0, 0.05) is 32.3 Å². The zero-order valence-corrected chi connectivity index (χ0v) is 20.2. The lowest BCUT2D eigenvalue weighted by atomic mass is 9.96. The summed E-state index contributed by atoms with van der Waals surface area (Å²) in [6, 6.07) is 15.7. The fraction of sp³-hybridized carbons (Fsp3) is 0.133. The summed E-state index contributed by atoms with van der Waals surface area (Å²) in [6.07, 6.45) is 0. The molecule has 0 atom stereocenters. The maximum Gasteiger partial charge on any atom is 0.264 e. The van der Waals surface area contributed by atoms with Gasteiger partial charge >= 0.3 is 0 Å². The zero-order valence-electron chi connectivity index (χ0n) is 20.2. The average molecular weight is 469 g/mol. The van der Waals surface area contributed by atoms with E-state index in [2.05, 4.69) is 13.8 Å². The highest BCUT2D eigenvalue weighted by atomic mass is 16.1. The van der Waals surface area contributed by atoms with Crippen LogP contribution in [0.4, 0.5) is 0 Å². The molecule has 0 amide bonds. The van der Waals surface area contributed by atoms with Crippen molar-refractivity contribution in [1.82, 2.24) is 18.8 Å². The molecule has 0 spiro atoms. The Balaban J connectivity index is 1.66. The molecule has 0 N–H and O–H groups in total. The fourth-order valence-electron chi connectivity index (χ4n) is 5.90. The van der Waals surface area contributed by atoms with Crippen LogP contribution in [0.5, 0.6) is 0 Å². The van der Waals surface area contributed by atoms with Gasteiger partial charge in [-0.05, 0) is 98.5 Å². The van der Waals surface area contributed by atoms with Crippen molar-refractivity contribution in [2.45, 2.75) is 27.7 Å². The first-order valence-electron chi connectivity index (χ1n) is 12.0. The predicted octanol–water partition coefficient (Wildman–Crippen LogP) is 5.58. The normalized spacial score (nSPS) is 12.7. The van der Waals surface area contributed by atoms with Gasteiger partial charge in [0.25, 0.3) is 11.1 Å². The van der Waals surface area contributed by atoms with Gasteiger partial charge in [0.15, 0.2) is 0 Å². The van der Waals surface area contributed by atoms with Crippen LogP contribution >= 0.6 is 0 Å². The maximum absolute atomic E-state index is 13.9. The Kier molecular flexibility index (Phi) is 3.37. The summed E-state index contributed by atoms with van der Waals surface area (Å²) < 4.78 is 3.43. The van der Waals surface area contributed by atoms with Crippen LogP contribution in [0.15, 0.2) is 58.1 Å². The summed E-state index contributed by atoms with van der Waals surface area (Å²) in [5.41, 5.74) is 8.70. The minimum Gasteiger partial charge on any atom is -0.268 e. The number of benzene rings is 4. The Hall–Kier alpha value is -4.58. The highest BCUT2D eigenvalue weighted by Crippen LogP contribution is 2.37. The van der Waals surface area contributed by atoms with Crippen LogP contribution in [0.2, 0.25) is 0 Å². The molecule has 0 aliphatic rings. The van der Waals surface area contributed by atoms with E-state index in [0.29, 0.717) is 22.1 Å². The number of imidazole rings is 2. The minimum absolute atomic E-state index is 0.121. The van der Waals surface area contributed by atoms with E-state index in [0.717, 1.165) is 65.9 Å². The number of rotatable bonds is 0. The van der Waals surface area contributed by atoms with Crippen LogP contribution in [0.1, 0.15) is 22.3 Å². The molecule has 172 valence electrons. The van der Waals surface area contributed by atoms with Crippen LogP contribution in [0.3, 0.4) is 0 Å². The van der Waals surface area contributed by atoms with Gasteiger partial charge in [-0.25, -0.2) is 9.97 Å². The molecule has 0 saturated heterocycles. The second-order valence-corrected chi connectivity index (χ2v) is 10.1. The van der Waals surface area contributed by atoms with Gasteiger partial charge in [-0.15, -0.1) is 0 Å². The highest BCUT2D eigenvalue weighted by Gasteiger charge is 2.22. The number of aromatic nitrogens is 4. The third-order valence-electron chi connectivity index (χ3n) is 8.05. The van der Waals surface area contributed by atoms with Gasteiger partial charge < -0.3 is 0 Å². The first-order chi connectivity index (χ1) is 17.3. The van der Waals surface area contributed by atoms with Gasteiger partial charge in [-0.3, -0.25) is 18.4 Å². The number of hydrogen-bond donors (Lipinski definition) is 0. The lowest BCUT2D eigenvalue weighted by Gasteiger charge is -2.12. The molecular weight excluding hydrogens is 448 g/mol. The van der Waals surface area contributed by atoms with Crippen molar-refractivity contribution in [3.05, 3.63) is 91.5 Å². The molecule has 4 aromatic heterocycles. The smallest absolute Gasteiger partial charge is 0.264 e. The summed E-state index contributed by atoms with van der Waals surface area (Å²) >= 11 is 0. The molecule has 4 aromatic carbocycles. The van der Waals surface area contributed by atoms with Crippen molar-refractivity contribution in [3.63, 3.8) is 0 Å². The Morgan fingerprint density at radius 2 is 0.889 bits per heavy atom. The fourth-order valence-corrected chi connectivity index (χ4v) is 5.90. The second-order valence-electron chi connectivity index (χ2n) is 10.1. The van der Waals surface area contributed by atoms with Crippen LogP contribution in [0.25, 0.3) is 65.7 Å². The third-order valence-corrected chi connectivity index (χ3v) is 8.05. The molecule has 36 heavy (non-hydrogen) atoms. The molecule has 0 radical (unpaired) electrons. The molecular formula is C30H20N4O2. The Bertz CT molecular complexity index is 2230. The molecule has 6 nitrogen and oxygen atoms in total. The van der Waals surface area contributed by atoms with Gasteiger partial charge in [0.1, 0.15) is 11.3 Å². The van der Waals surface area contributed by atoms with Crippen molar-refractivity contribution in [3.8, 4) is 0 Å². The summed E-state index contributed by atoms with van der Waals surface area (Å²) in [5, 5.41) is 4.46. The molecule has 6 heteroatoms. The first-order valence-corrected chi connectivity index (χ1v) is 12.0. The van der Waals surface area contributed by atoms with Crippen molar-refractivity contribution in [2.75, 3.05) is 0 Å². The molecule has 4 heterocycles. The number of fused-ring (bicyclic) bond motifs is 8. The number of nitrogens with zero attached hydrogens (tertiary/aromatic N) is 4.